The summed E-state index contributed by atoms with van der Waals surface area (Å²) in [6.07, 6.45) is 3.06. The molecule has 0 fully saturated rings. The highest BCUT2D eigenvalue weighted by atomic mass is 14.8. The van der Waals surface area contributed by atoms with Crippen molar-refractivity contribution in [3.8, 4) is 0 Å². The van der Waals surface area contributed by atoms with Gasteiger partial charge < -0.3 is 5.32 Å². The molecule has 70 valence electrons. The molecule has 1 aromatic rings. The lowest BCUT2D eigenvalue weighted by Gasteiger charge is -2.03. The number of hydrogen-bond donors (Lipinski definition) is 1. The summed E-state index contributed by atoms with van der Waals surface area (Å²) >= 11 is 0. The summed E-state index contributed by atoms with van der Waals surface area (Å²) in [4.78, 5) is 0. The van der Waals surface area contributed by atoms with Crippen LogP contribution >= 0.6 is 0 Å². The number of benzene rings is 1. The molecule has 1 aromatic carbocycles. The van der Waals surface area contributed by atoms with Gasteiger partial charge in [0.1, 0.15) is 0 Å². The predicted octanol–water partition coefficient (Wildman–Crippen LogP) is 2.83. The van der Waals surface area contributed by atoms with Gasteiger partial charge in [-0.2, -0.15) is 0 Å². The summed E-state index contributed by atoms with van der Waals surface area (Å²) in [5, 5.41) is 3.37. The Morgan fingerprint density at radius 2 is 2.31 bits per heavy atom. The largest absolute Gasteiger partial charge is 0.313 e. The van der Waals surface area contributed by atoms with E-state index in [2.05, 4.69) is 43.1 Å². The standard InChI is InChI=1S/C12H17N/c1-3-8-13-10-12-7-5-6-11(4-2)9-12/h4-7,9,13H,2-3,8,10H2,1H3. The maximum absolute atomic E-state index is 3.75. The average Bonchev–Trinajstić information content (AvgIpc) is 2.19. The Morgan fingerprint density at radius 1 is 1.46 bits per heavy atom. The third kappa shape index (κ3) is 3.43. The van der Waals surface area contributed by atoms with Gasteiger partial charge >= 0.3 is 0 Å². The third-order valence-electron chi connectivity index (χ3n) is 1.94. The minimum absolute atomic E-state index is 0.954. The van der Waals surface area contributed by atoms with E-state index in [0.717, 1.165) is 13.1 Å². The maximum atomic E-state index is 3.75. The Hall–Kier alpha value is -1.08. The van der Waals surface area contributed by atoms with E-state index < -0.39 is 0 Å². The van der Waals surface area contributed by atoms with Gasteiger partial charge in [-0.1, -0.05) is 43.8 Å². The molecule has 0 saturated heterocycles. The van der Waals surface area contributed by atoms with E-state index in [-0.39, 0.29) is 0 Å². The van der Waals surface area contributed by atoms with Gasteiger partial charge in [0.15, 0.2) is 0 Å². The highest BCUT2D eigenvalue weighted by Gasteiger charge is 1.91. The summed E-state index contributed by atoms with van der Waals surface area (Å²) in [7, 11) is 0. The lowest BCUT2D eigenvalue weighted by Crippen LogP contribution is -2.13. The molecule has 1 rings (SSSR count). The van der Waals surface area contributed by atoms with Crippen molar-refractivity contribution in [3.63, 3.8) is 0 Å². The van der Waals surface area contributed by atoms with Crippen LogP contribution in [0.1, 0.15) is 24.5 Å². The van der Waals surface area contributed by atoms with Crippen molar-refractivity contribution in [2.75, 3.05) is 6.54 Å². The van der Waals surface area contributed by atoms with Gasteiger partial charge in [0.2, 0.25) is 0 Å². The number of rotatable bonds is 5. The van der Waals surface area contributed by atoms with Gasteiger partial charge in [-0.05, 0) is 24.1 Å². The van der Waals surface area contributed by atoms with Crippen LogP contribution in [0.15, 0.2) is 30.8 Å². The molecule has 0 heterocycles. The fourth-order valence-corrected chi connectivity index (χ4v) is 1.24. The first-order chi connectivity index (χ1) is 6.36. The van der Waals surface area contributed by atoms with Crippen molar-refractivity contribution in [2.45, 2.75) is 19.9 Å². The van der Waals surface area contributed by atoms with Gasteiger partial charge in [-0.15, -0.1) is 0 Å². The summed E-state index contributed by atoms with van der Waals surface area (Å²) in [6.45, 7) is 7.96. The summed E-state index contributed by atoms with van der Waals surface area (Å²) in [5.41, 5.74) is 2.52. The van der Waals surface area contributed by atoms with Crippen LogP contribution in [0.3, 0.4) is 0 Å². The molecule has 0 radical (unpaired) electrons. The van der Waals surface area contributed by atoms with Crippen LogP contribution in [0.2, 0.25) is 0 Å². The van der Waals surface area contributed by atoms with Crippen molar-refractivity contribution < 1.29 is 0 Å². The molecule has 1 heteroatoms. The molecule has 1 N–H and O–H groups in total. The second-order valence-electron chi connectivity index (χ2n) is 3.13. The Bertz CT molecular complexity index is 266. The van der Waals surface area contributed by atoms with Crippen molar-refractivity contribution in [1.29, 1.82) is 0 Å². The van der Waals surface area contributed by atoms with E-state index in [1.165, 1.54) is 17.5 Å². The van der Waals surface area contributed by atoms with Crippen molar-refractivity contribution >= 4 is 6.08 Å². The Balaban J connectivity index is 2.51. The Morgan fingerprint density at radius 3 is 3.00 bits per heavy atom. The quantitative estimate of drug-likeness (QED) is 0.678. The van der Waals surface area contributed by atoms with Crippen LogP contribution in [-0.4, -0.2) is 6.54 Å². The number of nitrogens with one attached hydrogen (secondary N) is 1. The van der Waals surface area contributed by atoms with E-state index in [4.69, 9.17) is 0 Å². The molecule has 0 aromatic heterocycles. The second kappa shape index (κ2) is 5.55. The van der Waals surface area contributed by atoms with Crippen LogP contribution in [0.5, 0.6) is 0 Å². The minimum atomic E-state index is 0.954. The number of hydrogen-bond acceptors (Lipinski definition) is 1. The summed E-state index contributed by atoms with van der Waals surface area (Å²) in [5.74, 6) is 0. The molecule has 0 atom stereocenters. The molecule has 1 nitrogen and oxygen atoms in total. The summed E-state index contributed by atoms with van der Waals surface area (Å²) < 4.78 is 0. The first-order valence-electron chi connectivity index (χ1n) is 4.79. The smallest absolute Gasteiger partial charge is 0.0205 e. The van der Waals surface area contributed by atoms with Crippen molar-refractivity contribution in [1.82, 2.24) is 5.32 Å². The zero-order valence-corrected chi connectivity index (χ0v) is 8.22. The topological polar surface area (TPSA) is 12.0 Å². The van der Waals surface area contributed by atoms with Gasteiger partial charge in [0.05, 0.1) is 0 Å². The molecular weight excluding hydrogens is 158 g/mol. The van der Waals surface area contributed by atoms with Gasteiger partial charge in [-0.3, -0.25) is 0 Å². The first kappa shape index (κ1) is 10.0. The van der Waals surface area contributed by atoms with Gasteiger partial charge in [0.25, 0.3) is 0 Å². The average molecular weight is 175 g/mol. The van der Waals surface area contributed by atoms with Crippen molar-refractivity contribution in [3.05, 3.63) is 42.0 Å². The maximum Gasteiger partial charge on any atom is 0.0205 e. The van der Waals surface area contributed by atoms with Crippen LogP contribution in [0.4, 0.5) is 0 Å². The third-order valence-corrected chi connectivity index (χ3v) is 1.94. The molecule has 0 aliphatic carbocycles. The van der Waals surface area contributed by atoms with E-state index in [1.54, 1.807) is 0 Å². The first-order valence-corrected chi connectivity index (χ1v) is 4.79. The fourth-order valence-electron chi connectivity index (χ4n) is 1.24. The normalized spacial score (nSPS) is 9.92. The molecule has 0 unspecified atom stereocenters. The van der Waals surface area contributed by atoms with Crippen molar-refractivity contribution in [2.24, 2.45) is 0 Å². The van der Waals surface area contributed by atoms with E-state index >= 15 is 0 Å². The highest BCUT2D eigenvalue weighted by molar-refractivity contribution is 5.47. The molecule has 0 amide bonds. The molecule has 0 aliphatic rings. The van der Waals surface area contributed by atoms with E-state index in [9.17, 15) is 0 Å². The summed E-state index contributed by atoms with van der Waals surface area (Å²) in [6, 6.07) is 8.43. The van der Waals surface area contributed by atoms with Crippen LogP contribution in [0.25, 0.3) is 6.08 Å². The van der Waals surface area contributed by atoms with E-state index in [0.29, 0.717) is 0 Å². The molecule has 0 bridgehead atoms. The molecule has 0 saturated carbocycles. The Kier molecular flexibility index (Phi) is 4.27. The Labute approximate surface area is 80.5 Å². The zero-order chi connectivity index (χ0) is 9.52. The van der Waals surface area contributed by atoms with Crippen LogP contribution < -0.4 is 5.32 Å². The molecule has 0 aliphatic heterocycles. The monoisotopic (exact) mass is 175 g/mol. The molecular formula is C12H17N. The lowest BCUT2D eigenvalue weighted by atomic mass is 10.1. The second-order valence-corrected chi connectivity index (χ2v) is 3.13. The van der Waals surface area contributed by atoms with Gasteiger partial charge in [0, 0.05) is 6.54 Å². The van der Waals surface area contributed by atoms with Crippen LogP contribution in [-0.2, 0) is 6.54 Å². The minimum Gasteiger partial charge on any atom is -0.313 e. The van der Waals surface area contributed by atoms with E-state index in [1.807, 2.05) is 6.08 Å². The molecule has 0 spiro atoms. The van der Waals surface area contributed by atoms with Gasteiger partial charge in [-0.25, -0.2) is 0 Å². The highest BCUT2D eigenvalue weighted by Crippen LogP contribution is 2.05. The zero-order valence-electron chi connectivity index (χ0n) is 8.22. The molecule has 13 heavy (non-hydrogen) atoms. The predicted molar refractivity (Wildman–Crippen MR) is 58.5 cm³/mol. The van der Waals surface area contributed by atoms with Crippen LogP contribution in [0, 0.1) is 0 Å². The SMILES string of the molecule is C=Cc1cccc(CNCCC)c1. The lowest BCUT2D eigenvalue weighted by molar-refractivity contribution is 0.675. The fraction of sp³-hybridized carbons (Fsp3) is 0.333.